The molecule has 0 spiro atoms. The van der Waals surface area contributed by atoms with Crippen molar-refractivity contribution in [3.05, 3.63) is 15.5 Å². The largest absolute Gasteiger partial charge is 0.330 e. The van der Waals surface area contributed by atoms with E-state index < -0.39 is 0 Å². The van der Waals surface area contributed by atoms with Crippen molar-refractivity contribution >= 4 is 11.5 Å². The molecular formula is C11H19N3OS. The van der Waals surface area contributed by atoms with Crippen LogP contribution in [-0.4, -0.2) is 15.9 Å². The Morgan fingerprint density at radius 1 is 1.50 bits per heavy atom. The number of aromatic nitrogens is 2. The standard InChI is InChI=1S/C11H19N3OS/c1-7-3-11(6-12,4-8(7)2)5-9-13-10(15)16-14-9/h7-8H,3-6,12H2,1-2H3,(H,13,14,15)/t7-,8-/m1/s1. The highest BCUT2D eigenvalue weighted by Crippen LogP contribution is 2.46. The van der Waals surface area contributed by atoms with Crippen molar-refractivity contribution in [1.29, 1.82) is 0 Å². The van der Waals surface area contributed by atoms with Gasteiger partial charge in [0.2, 0.25) is 0 Å². The Morgan fingerprint density at radius 2 is 2.12 bits per heavy atom. The van der Waals surface area contributed by atoms with E-state index in [1.807, 2.05) is 0 Å². The summed E-state index contributed by atoms with van der Waals surface area (Å²) in [5.41, 5.74) is 6.08. The van der Waals surface area contributed by atoms with Crippen LogP contribution in [0.1, 0.15) is 32.5 Å². The molecule has 0 aliphatic heterocycles. The van der Waals surface area contributed by atoms with Gasteiger partial charge in [0.1, 0.15) is 5.82 Å². The zero-order chi connectivity index (χ0) is 11.8. The maximum atomic E-state index is 11.1. The fourth-order valence-corrected chi connectivity index (χ4v) is 3.39. The average Bonchev–Trinajstić information content (AvgIpc) is 2.74. The van der Waals surface area contributed by atoms with Gasteiger partial charge in [-0.2, -0.15) is 4.37 Å². The second-order valence-corrected chi connectivity index (χ2v) is 6.02. The molecular weight excluding hydrogens is 222 g/mol. The van der Waals surface area contributed by atoms with Crippen LogP contribution in [0.4, 0.5) is 0 Å². The normalized spacial score (nSPS) is 28.4. The molecule has 1 heterocycles. The smallest absolute Gasteiger partial charge is 0.323 e. The predicted octanol–water partition coefficient (Wildman–Crippen LogP) is 1.39. The van der Waals surface area contributed by atoms with Gasteiger partial charge in [-0.25, -0.2) is 0 Å². The van der Waals surface area contributed by atoms with Gasteiger partial charge in [0.25, 0.3) is 0 Å². The van der Waals surface area contributed by atoms with Gasteiger partial charge in [0.05, 0.1) is 0 Å². The van der Waals surface area contributed by atoms with Crippen molar-refractivity contribution < 1.29 is 0 Å². The van der Waals surface area contributed by atoms with Crippen molar-refractivity contribution in [3.8, 4) is 0 Å². The Hall–Kier alpha value is -0.680. The van der Waals surface area contributed by atoms with E-state index in [2.05, 4.69) is 23.2 Å². The average molecular weight is 241 g/mol. The van der Waals surface area contributed by atoms with Crippen LogP contribution in [0, 0.1) is 17.3 Å². The molecule has 90 valence electrons. The van der Waals surface area contributed by atoms with Crippen LogP contribution in [0.25, 0.3) is 0 Å². The molecule has 1 aliphatic carbocycles. The number of hydrogen-bond acceptors (Lipinski definition) is 4. The minimum atomic E-state index is -0.0683. The molecule has 0 bridgehead atoms. The third-order valence-corrected chi connectivity index (χ3v) is 4.52. The molecule has 3 N–H and O–H groups in total. The lowest BCUT2D eigenvalue weighted by Crippen LogP contribution is -2.31. The van der Waals surface area contributed by atoms with Crippen LogP contribution in [0.15, 0.2) is 4.79 Å². The number of nitrogens with zero attached hydrogens (tertiary/aromatic N) is 1. The molecule has 0 aromatic carbocycles. The lowest BCUT2D eigenvalue weighted by Gasteiger charge is -2.26. The van der Waals surface area contributed by atoms with E-state index in [-0.39, 0.29) is 10.3 Å². The first-order valence-corrected chi connectivity index (χ1v) is 6.57. The monoisotopic (exact) mass is 241 g/mol. The van der Waals surface area contributed by atoms with Gasteiger partial charge >= 0.3 is 4.87 Å². The van der Waals surface area contributed by atoms with Crippen molar-refractivity contribution in [3.63, 3.8) is 0 Å². The van der Waals surface area contributed by atoms with Crippen molar-refractivity contribution in [2.45, 2.75) is 33.1 Å². The first-order chi connectivity index (χ1) is 7.54. The fourth-order valence-electron chi connectivity index (χ4n) is 2.93. The van der Waals surface area contributed by atoms with Gasteiger partial charge in [0.15, 0.2) is 0 Å². The van der Waals surface area contributed by atoms with E-state index >= 15 is 0 Å². The van der Waals surface area contributed by atoms with Gasteiger partial charge in [-0.15, -0.1) is 0 Å². The highest BCUT2D eigenvalue weighted by Gasteiger charge is 2.41. The van der Waals surface area contributed by atoms with Gasteiger partial charge in [0, 0.05) is 18.0 Å². The van der Waals surface area contributed by atoms with Crippen molar-refractivity contribution in [2.24, 2.45) is 23.0 Å². The Kier molecular flexibility index (Phi) is 3.17. The predicted molar refractivity (Wildman–Crippen MR) is 65.5 cm³/mol. The molecule has 16 heavy (non-hydrogen) atoms. The van der Waals surface area contributed by atoms with E-state index in [4.69, 9.17) is 5.73 Å². The summed E-state index contributed by atoms with van der Waals surface area (Å²) in [6, 6.07) is 0. The lowest BCUT2D eigenvalue weighted by molar-refractivity contribution is 0.286. The van der Waals surface area contributed by atoms with Crippen molar-refractivity contribution in [2.75, 3.05) is 6.54 Å². The lowest BCUT2D eigenvalue weighted by atomic mass is 9.81. The molecule has 0 radical (unpaired) electrons. The SMILES string of the molecule is C[C@@H]1CC(CN)(Cc2nsc(=O)[nH]2)C[C@H]1C. The third-order valence-electron chi connectivity index (χ3n) is 3.94. The molecule has 1 aliphatic rings. The minimum absolute atomic E-state index is 0.0683. The molecule has 1 aromatic rings. The summed E-state index contributed by atoms with van der Waals surface area (Å²) < 4.78 is 4.14. The third kappa shape index (κ3) is 2.20. The van der Waals surface area contributed by atoms with Gasteiger partial charge < -0.3 is 5.73 Å². The van der Waals surface area contributed by atoms with Gasteiger partial charge in [-0.05, 0) is 36.6 Å². The molecule has 5 heteroatoms. The minimum Gasteiger partial charge on any atom is -0.330 e. The molecule has 1 fully saturated rings. The summed E-state index contributed by atoms with van der Waals surface area (Å²) in [6.45, 7) is 5.25. The number of rotatable bonds is 3. The maximum absolute atomic E-state index is 11.1. The number of H-pyrrole nitrogens is 1. The molecule has 1 aromatic heterocycles. The Morgan fingerprint density at radius 3 is 2.56 bits per heavy atom. The summed E-state index contributed by atoms with van der Waals surface area (Å²) in [5, 5.41) is 0. The zero-order valence-corrected chi connectivity index (χ0v) is 10.6. The number of hydrogen-bond donors (Lipinski definition) is 2. The molecule has 2 atom stereocenters. The first-order valence-electron chi connectivity index (χ1n) is 5.79. The van der Waals surface area contributed by atoms with E-state index in [1.165, 1.54) is 0 Å². The number of aromatic amines is 1. The Bertz CT molecular complexity index is 401. The summed E-state index contributed by atoms with van der Waals surface area (Å²) >= 11 is 0.997. The summed E-state index contributed by atoms with van der Waals surface area (Å²) in [4.78, 5) is 13.8. The van der Waals surface area contributed by atoms with Gasteiger partial charge in [-0.3, -0.25) is 9.78 Å². The summed E-state index contributed by atoms with van der Waals surface area (Å²) in [6.07, 6.45) is 3.10. The second kappa shape index (κ2) is 4.30. The highest BCUT2D eigenvalue weighted by molar-refractivity contribution is 7.02. The molecule has 0 unspecified atom stereocenters. The molecule has 4 nitrogen and oxygen atoms in total. The van der Waals surface area contributed by atoms with E-state index in [9.17, 15) is 4.79 Å². The van der Waals surface area contributed by atoms with Crippen LogP contribution >= 0.6 is 11.5 Å². The quantitative estimate of drug-likeness (QED) is 0.840. The summed E-state index contributed by atoms with van der Waals surface area (Å²) in [5.74, 6) is 2.24. The summed E-state index contributed by atoms with van der Waals surface area (Å²) in [7, 11) is 0. The van der Waals surface area contributed by atoms with E-state index in [1.54, 1.807) is 0 Å². The zero-order valence-electron chi connectivity index (χ0n) is 9.82. The molecule has 1 saturated carbocycles. The van der Waals surface area contributed by atoms with Crippen LogP contribution in [0.5, 0.6) is 0 Å². The van der Waals surface area contributed by atoms with Crippen molar-refractivity contribution in [1.82, 2.24) is 9.36 Å². The number of nitrogens with two attached hydrogens (primary N) is 1. The number of nitrogens with one attached hydrogen (secondary N) is 1. The van der Waals surface area contributed by atoms with Gasteiger partial charge in [-0.1, -0.05) is 13.8 Å². The first kappa shape index (κ1) is 11.8. The van der Waals surface area contributed by atoms with Crippen LogP contribution in [-0.2, 0) is 6.42 Å². The van der Waals surface area contributed by atoms with Crippen LogP contribution in [0.3, 0.4) is 0 Å². The molecule has 2 rings (SSSR count). The van der Waals surface area contributed by atoms with Crippen LogP contribution in [0.2, 0.25) is 0 Å². The highest BCUT2D eigenvalue weighted by atomic mass is 32.1. The topological polar surface area (TPSA) is 71.8 Å². The second-order valence-electron chi connectivity index (χ2n) is 5.29. The maximum Gasteiger partial charge on any atom is 0.323 e. The Labute approximate surface area is 99.4 Å². The van der Waals surface area contributed by atoms with E-state index in [0.29, 0.717) is 18.4 Å². The molecule has 0 amide bonds. The Balaban J connectivity index is 2.14. The van der Waals surface area contributed by atoms with Crippen LogP contribution < -0.4 is 10.6 Å². The van der Waals surface area contributed by atoms with E-state index in [0.717, 1.165) is 36.6 Å². The molecule has 0 saturated heterocycles. The fraction of sp³-hybridized carbons (Fsp3) is 0.818.